The Hall–Kier alpha value is -2.38. The second-order valence-corrected chi connectivity index (χ2v) is 12.6. The lowest BCUT2D eigenvalue weighted by Gasteiger charge is -2.17. The van der Waals surface area contributed by atoms with E-state index in [1.807, 2.05) is 6.07 Å². The lowest BCUT2D eigenvalue weighted by molar-refractivity contribution is -0.117. The van der Waals surface area contributed by atoms with E-state index in [2.05, 4.69) is 4.98 Å². The number of ketones is 1. The number of nitrogens with zero attached hydrogens (tertiary/aromatic N) is 1. The smallest absolute Gasteiger partial charge is 0.206 e. The van der Waals surface area contributed by atoms with Crippen molar-refractivity contribution in [3.63, 3.8) is 0 Å². The number of halogens is 3. The van der Waals surface area contributed by atoms with E-state index >= 15 is 0 Å². The molecule has 5 nitrogen and oxygen atoms in total. The summed E-state index contributed by atoms with van der Waals surface area (Å²) in [6, 6.07) is 15.3. The number of carbonyl (C=O) groups excluding carboxylic acids is 1. The number of hydrogen-bond donors (Lipinski definition) is 0. The quantitative estimate of drug-likeness (QED) is 0.231. The first kappa shape index (κ1) is 25.3. The Bertz CT molecular complexity index is 1570. The van der Waals surface area contributed by atoms with Gasteiger partial charge in [-0.3, -0.25) is 4.79 Å². The summed E-state index contributed by atoms with van der Waals surface area (Å²) in [4.78, 5) is 17.7. The number of benzene rings is 3. The highest BCUT2D eigenvalue weighted by Crippen LogP contribution is 2.57. The molecule has 1 heterocycles. The predicted octanol–water partition coefficient (Wildman–Crippen LogP) is 7.02. The molecule has 0 spiro atoms. The van der Waals surface area contributed by atoms with Crippen molar-refractivity contribution < 1.29 is 17.6 Å². The summed E-state index contributed by atoms with van der Waals surface area (Å²) in [6.07, 6.45) is 1.94. The minimum absolute atomic E-state index is 0.0297. The van der Waals surface area contributed by atoms with Crippen molar-refractivity contribution in [2.75, 3.05) is 5.75 Å². The molecule has 0 amide bonds. The maximum absolute atomic E-state index is 12.7. The molecular formula is C27H22Cl3NO4S. The van der Waals surface area contributed by atoms with Gasteiger partial charge in [-0.15, -0.1) is 0 Å². The van der Waals surface area contributed by atoms with Crippen LogP contribution in [0.5, 0.6) is 0 Å². The molecule has 1 aliphatic rings. The zero-order valence-corrected chi connectivity index (χ0v) is 22.4. The lowest BCUT2D eigenvalue weighted by Crippen LogP contribution is -2.12. The number of hydrogen-bond acceptors (Lipinski definition) is 5. The Kier molecular flexibility index (Phi) is 6.66. The van der Waals surface area contributed by atoms with Crippen LogP contribution in [0.15, 0.2) is 63.9 Å². The zero-order valence-electron chi connectivity index (χ0n) is 19.4. The van der Waals surface area contributed by atoms with Gasteiger partial charge in [-0.1, -0.05) is 53.9 Å². The van der Waals surface area contributed by atoms with Gasteiger partial charge in [0.1, 0.15) is 11.3 Å². The molecule has 9 heteroatoms. The van der Waals surface area contributed by atoms with Crippen LogP contribution in [0.4, 0.5) is 0 Å². The fourth-order valence-electron chi connectivity index (χ4n) is 4.48. The molecule has 0 bridgehead atoms. The van der Waals surface area contributed by atoms with Crippen LogP contribution in [0.1, 0.15) is 42.3 Å². The van der Waals surface area contributed by atoms with Crippen LogP contribution in [-0.2, 0) is 32.9 Å². The van der Waals surface area contributed by atoms with Crippen molar-refractivity contribution in [2.24, 2.45) is 0 Å². The Morgan fingerprint density at radius 3 is 2.19 bits per heavy atom. The van der Waals surface area contributed by atoms with E-state index in [-0.39, 0.29) is 29.3 Å². The van der Waals surface area contributed by atoms with E-state index in [4.69, 9.17) is 39.2 Å². The molecule has 186 valence electrons. The predicted molar refractivity (Wildman–Crippen MR) is 142 cm³/mol. The van der Waals surface area contributed by atoms with Crippen LogP contribution in [0, 0.1) is 0 Å². The normalized spacial score (nSPS) is 14.8. The van der Waals surface area contributed by atoms with Crippen LogP contribution in [-0.4, -0.2) is 24.9 Å². The number of sulfone groups is 1. The maximum Gasteiger partial charge on any atom is 0.206 e. The van der Waals surface area contributed by atoms with E-state index in [1.165, 1.54) is 0 Å². The lowest BCUT2D eigenvalue weighted by atomic mass is 9.93. The molecule has 0 aliphatic heterocycles. The molecule has 4 aromatic rings. The number of carbonyl (C=O) groups is 1. The summed E-state index contributed by atoms with van der Waals surface area (Å²) >= 11 is 19.5. The van der Waals surface area contributed by atoms with Crippen LogP contribution >= 0.6 is 34.8 Å². The Morgan fingerprint density at radius 2 is 1.58 bits per heavy atom. The molecule has 1 fully saturated rings. The molecule has 5 rings (SSSR count). The first-order chi connectivity index (χ1) is 17.1. The standard InChI is InChI=1S/C27H22Cl3NO4S/c1-2-36(33,34)20-6-3-16(4-7-20)11-19(32)12-17-13-21(29)25(22(30)14-17)27(9-10-27)26-31-23-8-5-18(28)15-24(23)35-26/h3-8,13-15H,2,9-12H2,1H3. The van der Waals surface area contributed by atoms with Crippen molar-refractivity contribution in [1.82, 2.24) is 4.98 Å². The highest BCUT2D eigenvalue weighted by molar-refractivity contribution is 7.91. The topological polar surface area (TPSA) is 77.2 Å². The van der Waals surface area contributed by atoms with Gasteiger partial charge in [0.25, 0.3) is 0 Å². The maximum atomic E-state index is 12.7. The monoisotopic (exact) mass is 561 g/mol. The van der Waals surface area contributed by atoms with E-state index in [0.717, 1.165) is 29.5 Å². The number of Topliss-reactive ketones (excluding diaryl/α,β-unsaturated/α-hetero) is 1. The zero-order chi connectivity index (χ0) is 25.7. The summed E-state index contributed by atoms with van der Waals surface area (Å²) in [5.74, 6) is 0.559. The van der Waals surface area contributed by atoms with Crippen LogP contribution in [0.2, 0.25) is 15.1 Å². The minimum Gasteiger partial charge on any atom is -0.440 e. The van der Waals surface area contributed by atoms with Crippen LogP contribution in [0.3, 0.4) is 0 Å². The van der Waals surface area contributed by atoms with E-state index in [0.29, 0.717) is 32.1 Å². The van der Waals surface area contributed by atoms with E-state index in [1.54, 1.807) is 55.5 Å². The van der Waals surface area contributed by atoms with Crippen molar-refractivity contribution in [3.05, 3.63) is 92.2 Å². The Balaban J connectivity index is 1.34. The Labute approximate surface area is 224 Å². The highest BCUT2D eigenvalue weighted by Gasteiger charge is 2.52. The molecular weight excluding hydrogens is 541 g/mol. The van der Waals surface area contributed by atoms with Gasteiger partial charge in [0.2, 0.25) is 5.89 Å². The van der Waals surface area contributed by atoms with Gasteiger partial charge in [0.05, 0.1) is 16.1 Å². The molecule has 0 atom stereocenters. The molecule has 0 N–H and O–H groups in total. The fourth-order valence-corrected chi connectivity index (χ4v) is 6.42. The number of aromatic nitrogens is 1. The number of oxazole rings is 1. The Morgan fingerprint density at radius 1 is 0.944 bits per heavy atom. The number of fused-ring (bicyclic) bond motifs is 1. The first-order valence-electron chi connectivity index (χ1n) is 11.5. The molecule has 3 aromatic carbocycles. The summed E-state index contributed by atoms with van der Waals surface area (Å²) in [5.41, 5.74) is 3.05. The van der Waals surface area contributed by atoms with Crippen molar-refractivity contribution in [2.45, 2.75) is 42.9 Å². The molecule has 36 heavy (non-hydrogen) atoms. The largest absolute Gasteiger partial charge is 0.440 e. The van der Waals surface area contributed by atoms with Gasteiger partial charge in [-0.25, -0.2) is 13.4 Å². The SMILES string of the molecule is CCS(=O)(=O)c1ccc(CC(=O)Cc2cc(Cl)c(C3(c4nc5ccc(Cl)cc5o4)CC3)c(Cl)c2)cc1. The molecule has 1 aliphatic carbocycles. The van der Waals surface area contributed by atoms with Gasteiger partial charge < -0.3 is 4.42 Å². The second kappa shape index (κ2) is 9.49. The van der Waals surface area contributed by atoms with Gasteiger partial charge in [-0.2, -0.15) is 0 Å². The van der Waals surface area contributed by atoms with Gasteiger partial charge >= 0.3 is 0 Å². The molecule has 0 unspecified atom stereocenters. The van der Waals surface area contributed by atoms with Crippen LogP contribution in [0.25, 0.3) is 11.1 Å². The van der Waals surface area contributed by atoms with E-state index in [9.17, 15) is 13.2 Å². The average molecular weight is 563 g/mol. The molecule has 1 aromatic heterocycles. The first-order valence-corrected chi connectivity index (χ1v) is 14.3. The summed E-state index contributed by atoms with van der Waals surface area (Å²) < 4.78 is 30.0. The van der Waals surface area contributed by atoms with Gasteiger partial charge in [0.15, 0.2) is 15.4 Å². The second-order valence-electron chi connectivity index (χ2n) is 9.09. The highest BCUT2D eigenvalue weighted by atomic mass is 35.5. The number of rotatable bonds is 8. The summed E-state index contributed by atoms with van der Waals surface area (Å²) in [5, 5.41) is 1.51. The third-order valence-corrected chi connectivity index (χ3v) is 9.14. The molecule has 0 saturated heterocycles. The molecule has 1 saturated carbocycles. The van der Waals surface area contributed by atoms with Crippen molar-refractivity contribution in [3.8, 4) is 0 Å². The van der Waals surface area contributed by atoms with Gasteiger partial charge in [-0.05, 0) is 60.4 Å². The minimum atomic E-state index is -3.27. The third kappa shape index (κ3) is 4.80. The summed E-state index contributed by atoms with van der Waals surface area (Å²) in [6.45, 7) is 1.60. The van der Waals surface area contributed by atoms with Crippen molar-refractivity contribution in [1.29, 1.82) is 0 Å². The fraction of sp³-hybridized carbons (Fsp3) is 0.259. The van der Waals surface area contributed by atoms with Crippen molar-refractivity contribution >= 4 is 61.5 Å². The third-order valence-electron chi connectivity index (χ3n) is 6.56. The average Bonchev–Trinajstić information content (AvgIpc) is 3.50. The van der Waals surface area contributed by atoms with Crippen LogP contribution < -0.4 is 0 Å². The molecule has 0 radical (unpaired) electrons. The van der Waals surface area contributed by atoms with E-state index < -0.39 is 15.3 Å². The summed E-state index contributed by atoms with van der Waals surface area (Å²) in [7, 11) is -3.27. The van der Waals surface area contributed by atoms with Gasteiger partial charge in [0, 0.05) is 39.5 Å².